The van der Waals surface area contributed by atoms with Crippen molar-refractivity contribution in [3.63, 3.8) is 0 Å². The number of non-ortho nitro benzene ring substituents is 1. The standard InChI is InChI=1S/C24H26F3N5O4/c1-13(15-8-16(24(25,26)27)10-17(9-15)32(33)34)29-23-19-11-22(36-18-4-6-28-7-5-18)21(35-3)12-20(19)30-14(2)31-23/h8-13,18,28H,4-7H2,1-3H3,(H,29,30,31)/t13-/m1/s1. The van der Waals surface area contributed by atoms with Crippen molar-refractivity contribution >= 4 is 22.4 Å². The van der Waals surface area contributed by atoms with Crippen LogP contribution >= 0.6 is 0 Å². The lowest BCUT2D eigenvalue weighted by Gasteiger charge is -2.25. The number of hydrogen-bond donors (Lipinski definition) is 2. The van der Waals surface area contributed by atoms with Crippen molar-refractivity contribution in [3.05, 3.63) is 57.4 Å². The molecule has 1 aromatic heterocycles. The summed E-state index contributed by atoms with van der Waals surface area (Å²) in [5.41, 5.74) is -1.08. The molecule has 192 valence electrons. The molecule has 2 heterocycles. The molecule has 0 amide bonds. The molecule has 0 bridgehead atoms. The number of aromatic nitrogens is 2. The van der Waals surface area contributed by atoms with Crippen LogP contribution in [0.3, 0.4) is 0 Å². The quantitative estimate of drug-likeness (QED) is 0.334. The van der Waals surface area contributed by atoms with Gasteiger partial charge in [-0.15, -0.1) is 0 Å². The highest BCUT2D eigenvalue weighted by molar-refractivity contribution is 5.92. The molecule has 1 aliphatic rings. The largest absolute Gasteiger partial charge is 0.493 e. The second kappa shape index (κ2) is 10.1. The molecule has 1 atom stereocenters. The van der Waals surface area contributed by atoms with Gasteiger partial charge in [0.25, 0.3) is 5.69 Å². The minimum absolute atomic E-state index is 0.00459. The minimum Gasteiger partial charge on any atom is -0.493 e. The van der Waals surface area contributed by atoms with Gasteiger partial charge in [-0.1, -0.05) is 0 Å². The van der Waals surface area contributed by atoms with Crippen LogP contribution in [0, 0.1) is 17.0 Å². The zero-order chi connectivity index (χ0) is 26.0. The van der Waals surface area contributed by atoms with Crippen molar-refractivity contribution in [1.82, 2.24) is 15.3 Å². The Bertz CT molecular complexity index is 1280. The highest BCUT2D eigenvalue weighted by Crippen LogP contribution is 2.38. The number of aryl methyl sites for hydroxylation is 1. The zero-order valence-electron chi connectivity index (χ0n) is 20.0. The van der Waals surface area contributed by atoms with Crippen molar-refractivity contribution in [2.75, 3.05) is 25.5 Å². The number of hydrogen-bond acceptors (Lipinski definition) is 8. The number of nitro groups is 1. The molecule has 2 N–H and O–H groups in total. The van der Waals surface area contributed by atoms with Gasteiger partial charge < -0.3 is 20.1 Å². The van der Waals surface area contributed by atoms with Gasteiger partial charge in [0.15, 0.2) is 11.5 Å². The Morgan fingerprint density at radius 3 is 2.50 bits per heavy atom. The second-order valence-corrected chi connectivity index (χ2v) is 8.64. The number of methoxy groups -OCH3 is 1. The van der Waals surface area contributed by atoms with Crippen LogP contribution in [-0.4, -0.2) is 41.2 Å². The molecule has 1 fully saturated rings. The SMILES string of the molecule is COc1cc2nc(C)nc(N[C@H](C)c3cc([N+](=O)[O-])cc(C(F)(F)F)c3)c2cc1OC1CCNCC1. The monoisotopic (exact) mass is 505 g/mol. The summed E-state index contributed by atoms with van der Waals surface area (Å²) >= 11 is 0. The summed E-state index contributed by atoms with van der Waals surface area (Å²) < 4.78 is 51.9. The van der Waals surface area contributed by atoms with Crippen molar-refractivity contribution in [2.45, 2.75) is 45.0 Å². The van der Waals surface area contributed by atoms with E-state index in [1.807, 2.05) is 0 Å². The highest BCUT2D eigenvalue weighted by atomic mass is 19.4. The first-order chi connectivity index (χ1) is 17.0. The smallest absolute Gasteiger partial charge is 0.416 e. The number of ether oxygens (including phenoxy) is 2. The lowest BCUT2D eigenvalue weighted by atomic mass is 10.0. The van der Waals surface area contributed by atoms with Crippen LogP contribution in [0.25, 0.3) is 10.9 Å². The van der Waals surface area contributed by atoms with E-state index in [-0.39, 0.29) is 11.7 Å². The molecule has 1 saturated heterocycles. The second-order valence-electron chi connectivity index (χ2n) is 8.64. The van der Waals surface area contributed by atoms with Crippen molar-refractivity contribution in [1.29, 1.82) is 0 Å². The summed E-state index contributed by atoms with van der Waals surface area (Å²) in [6.45, 7) is 4.99. The lowest BCUT2D eigenvalue weighted by molar-refractivity contribution is -0.385. The molecule has 3 aromatic rings. The maximum absolute atomic E-state index is 13.4. The Labute approximate surface area is 205 Å². The molecule has 4 rings (SSSR count). The van der Waals surface area contributed by atoms with Gasteiger partial charge in [0.1, 0.15) is 17.7 Å². The Morgan fingerprint density at radius 1 is 1.14 bits per heavy atom. The predicted octanol–water partition coefficient (Wildman–Crippen LogP) is 5.18. The third kappa shape index (κ3) is 5.59. The average molecular weight is 505 g/mol. The highest BCUT2D eigenvalue weighted by Gasteiger charge is 2.33. The van der Waals surface area contributed by atoms with Crippen molar-refractivity contribution in [3.8, 4) is 11.5 Å². The number of piperidine rings is 1. The molecule has 0 saturated carbocycles. The van der Waals surface area contributed by atoms with Gasteiger partial charge in [-0.25, -0.2) is 9.97 Å². The molecular formula is C24H26F3N5O4. The lowest BCUT2D eigenvalue weighted by Crippen LogP contribution is -2.34. The Balaban J connectivity index is 1.73. The Morgan fingerprint density at radius 2 is 1.86 bits per heavy atom. The fourth-order valence-electron chi connectivity index (χ4n) is 4.15. The fraction of sp³-hybridized carbons (Fsp3) is 0.417. The molecule has 12 heteroatoms. The number of nitrogens with zero attached hydrogens (tertiary/aromatic N) is 3. The van der Waals surface area contributed by atoms with E-state index in [4.69, 9.17) is 9.47 Å². The van der Waals surface area contributed by atoms with E-state index in [1.165, 1.54) is 7.11 Å². The molecule has 0 spiro atoms. The third-order valence-corrected chi connectivity index (χ3v) is 6.00. The number of nitrogens with one attached hydrogen (secondary N) is 2. The van der Waals surface area contributed by atoms with Crippen LogP contribution in [0.1, 0.15) is 42.8 Å². The maximum atomic E-state index is 13.4. The van der Waals surface area contributed by atoms with Crippen molar-refractivity contribution < 1.29 is 27.6 Å². The van der Waals surface area contributed by atoms with E-state index in [9.17, 15) is 23.3 Å². The van der Waals surface area contributed by atoms with Crippen LogP contribution in [0.4, 0.5) is 24.7 Å². The van der Waals surface area contributed by atoms with E-state index in [0.29, 0.717) is 40.1 Å². The van der Waals surface area contributed by atoms with Gasteiger partial charge in [-0.05, 0) is 57.5 Å². The third-order valence-electron chi connectivity index (χ3n) is 6.00. The summed E-state index contributed by atoms with van der Waals surface area (Å²) in [4.78, 5) is 19.3. The van der Waals surface area contributed by atoms with E-state index >= 15 is 0 Å². The molecule has 0 radical (unpaired) electrons. The Kier molecular flexibility index (Phi) is 7.16. The number of rotatable bonds is 7. The van der Waals surface area contributed by atoms with E-state index in [2.05, 4.69) is 20.6 Å². The summed E-state index contributed by atoms with van der Waals surface area (Å²) in [6, 6.07) is 5.29. The number of nitro benzene ring substituents is 1. The first-order valence-electron chi connectivity index (χ1n) is 11.4. The molecule has 2 aromatic carbocycles. The zero-order valence-corrected chi connectivity index (χ0v) is 20.0. The van der Waals surface area contributed by atoms with Gasteiger partial charge in [0.2, 0.25) is 0 Å². The number of anilines is 1. The average Bonchev–Trinajstić information content (AvgIpc) is 2.83. The minimum atomic E-state index is -4.73. The van der Waals surface area contributed by atoms with Gasteiger partial charge >= 0.3 is 6.18 Å². The number of benzene rings is 2. The van der Waals surface area contributed by atoms with Crippen LogP contribution in [-0.2, 0) is 6.18 Å². The number of fused-ring (bicyclic) bond motifs is 1. The van der Waals surface area contributed by atoms with Gasteiger partial charge in [0.05, 0.1) is 29.2 Å². The Hall–Kier alpha value is -3.67. The van der Waals surface area contributed by atoms with E-state index in [1.54, 1.807) is 26.0 Å². The summed E-state index contributed by atoms with van der Waals surface area (Å²) in [6.07, 6.45) is -3.05. The number of alkyl halides is 3. The molecule has 1 aliphatic heterocycles. The van der Waals surface area contributed by atoms with Gasteiger partial charge in [-0.2, -0.15) is 13.2 Å². The topological polar surface area (TPSA) is 111 Å². The maximum Gasteiger partial charge on any atom is 0.416 e. The molecule has 0 aliphatic carbocycles. The normalized spacial score (nSPS) is 15.5. The molecular weight excluding hydrogens is 479 g/mol. The van der Waals surface area contributed by atoms with Gasteiger partial charge in [-0.3, -0.25) is 10.1 Å². The summed E-state index contributed by atoms with van der Waals surface area (Å²) in [5, 5.41) is 18.2. The van der Waals surface area contributed by atoms with E-state index in [0.717, 1.165) is 38.1 Å². The fourth-order valence-corrected chi connectivity index (χ4v) is 4.15. The number of halogens is 3. The predicted molar refractivity (Wildman–Crippen MR) is 127 cm³/mol. The van der Waals surface area contributed by atoms with Crippen LogP contribution < -0.4 is 20.1 Å². The van der Waals surface area contributed by atoms with Crippen LogP contribution in [0.15, 0.2) is 30.3 Å². The van der Waals surface area contributed by atoms with Gasteiger partial charge in [0, 0.05) is 23.6 Å². The van der Waals surface area contributed by atoms with Crippen LogP contribution in [0.2, 0.25) is 0 Å². The molecule has 9 nitrogen and oxygen atoms in total. The molecule has 0 unspecified atom stereocenters. The van der Waals surface area contributed by atoms with Crippen LogP contribution in [0.5, 0.6) is 11.5 Å². The molecule has 36 heavy (non-hydrogen) atoms. The summed E-state index contributed by atoms with van der Waals surface area (Å²) in [7, 11) is 1.53. The van der Waals surface area contributed by atoms with Crippen molar-refractivity contribution in [2.24, 2.45) is 0 Å². The first kappa shape index (κ1) is 25.4. The summed E-state index contributed by atoms with van der Waals surface area (Å²) in [5.74, 6) is 1.81. The van der Waals surface area contributed by atoms with E-state index < -0.39 is 28.4 Å². The first-order valence-corrected chi connectivity index (χ1v) is 11.4.